The Morgan fingerprint density at radius 3 is 2.62 bits per heavy atom. The maximum Gasteiger partial charge on any atom is 0.274 e. The number of benzene rings is 2. The predicted octanol–water partition coefficient (Wildman–Crippen LogP) is 3.39. The van der Waals surface area contributed by atoms with E-state index in [9.17, 15) is 4.79 Å². The number of fused-ring (bicyclic) bond motifs is 1. The van der Waals surface area contributed by atoms with Gasteiger partial charge in [-0.3, -0.25) is 9.48 Å². The lowest BCUT2D eigenvalue weighted by Crippen LogP contribution is -2.38. The zero-order valence-corrected chi connectivity index (χ0v) is 16.1. The van der Waals surface area contributed by atoms with Gasteiger partial charge in [-0.1, -0.05) is 42.5 Å². The lowest BCUT2D eigenvalue weighted by Gasteiger charge is -2.34. The molecule has 1 unspecified atom stereocenters. The minimum Gasteiger partial charge on any atom is -0.332 e. The van der Waals surface area contributed by atoms with Gasteiger partial charge in [0.2, 0.25) is 0 Å². The fourth-order valence-corrected chi connectivity index (χ4v) is 3.99. The molecule has 2 aromatic heterocycles. The van der Waals surface area contributed by atoms with E-state index in [1.165, 1.54) is 11.1 Å². The number of carbonyl (C=O) groups excluding carboxylic acids is 1. The molecule has 2 aromatic carbocycles. The summed E-state index contributed by atoms with van der Waals surface area (Å²) >= 11 is 0. The van der Waals surface area contributed by atoms with Gasteiger partial charge >= 0.3 is 0 Å². The van der Waals surface area contributed by atoms with E-state index in [0.717, 1.165) is 11.3 Å². The molecule has 1 amide bonds. The summed E-state index contributed by atoms with van der Waals surface area (Å²) in [6.07, 6.45) is 5.75. The summed E-state index contributed by atoms with van der Waals surface area (Å²) < 4.78 is 3.55. The minimum absolute atomic E-state index is 0.0527. The zero-order valence-electron chi connectivity index (χ0n) is 16.1. The first-order valence-corrected chi connectivity index (χ1v) is 9.66. The van der Waals surface area contributed by atoms with Crippen LogP contribution in [0.4, 0.5) is 0 Å². The molecule has 6 heteroatoms. The highest BCUT2D eigenvalue weighted by molar-refractivity contribution is 5.92. The number of aromatic nitrogens is 4. The van der Waals surface area contributed by atoms with E-state index in [2.05, 4.69) is 28.4 Å². The minimum atomic E-state index is -0.0527. The van der Waals surface area contributed by atoms with Gasteiger partial charge in [0, 0.05) is 38.4 Å². The molecule has 1 aliphatic heterocycles. The molecule has 0 saturated carbocycles. The van der Waals surface area contributed by atoms with Crippen molar-refractivity contribution in [3.8, 4) is 5.69 Å². The van der Waals surface area contributed by atoms with E-state index in [-0.39, 0.29) is 11.8 Å². The van der Waals surface area contributed by atoms with Crippen molar-refractivity contribution in [1.29, 1.82) is 0 Å². The van der Waals surface area contributed by atoms with Crippen molar-refractivity contribution >= 4 is 5.91 Å². The molecule has 3 heterocycles. The number of rotatable bonds is 3. The molecule has 29 heavy (non-hydrogen) atoms. The zero-order chi connectivity index (χ0) is 19.8. The standard InChI is InChI=1S/C23H21N5O/c1-26-14-18(13-24-26)21-16-27(15-17-7-5-6-10-20(17)21)23(29)22-11-12-28(25-22)19-8-3-2-4-9-19/h2-14,21H,15-16H2,1H3. The largest absolute Gasteiger partial charge is 0.332 e. The Morgan fingerprint density at radius 2 is 1.83 bits per heavy atom. The molecule has 1 atom stereocenters. The summed E-state index contributed by atoms with van der Waals surface area (Å²) in [5.41, 5.74) is 4.94. The van der Waals surface area contributed by atoms with Gasteiger partial charge in [-0.2, -0.15) is 10.2 Å². The maximum atomic E-state index is 13.3. The van der Waals surface area contributed by atoms with Gasteiger partial charge in [-0.25, -0.2) is 4.68 Å². The van der Waals surface area contributed by atoms with E-state index < -0.39 is 0 Å². The van der Waals surface area contributed by atoms with Gasteiger partial charge in [0.1, 0.15) is 0 Å². The van der Waals surface area contributed by atoms with Gasteiger partial charge in [0.05, 0.1) is 11.9 Å². The Labute approximate surface area is 169 Å². The SMILES string of the molecule is Cn1cc(C2CN(C(=O)c3ccn(-c4ccccc4)n3)Cc3ccccc32)cn1. The van der Waals surface area contributed by atoms with Crippen LogP contribution in [0, 0.1) is 0 Å². The Bertz CT molecular complexity index is 1160. The molecule has 5 rings (SSSR count). The number of hydrogen-bond donors (Lipinski definition) is 0. The third-order valence-electron chi connectivity index (χ3n) is 5.44. The summed E-state index contributed by atoms with van der Waals surface area (Å²) in [7, 11) is 1.91. The predicted molar refractivity (Wildman–Crippen MR) is 110 cm³/mol. The average Bonchev–Trinajstić information content (AvgIpc) is 3.42. The summed E-state index contributed by atoms with van der Waals surface area (Å²) in [5, 5.41) is 8.85. The summed E-state index contributed by atoms with van der Waals surface area (Å²) in [4.78, 5) is 15.2. The number of aryl methyl sites for hydroxylation is 1. The van der Waals surface area contributed by atoms with Crippen molar-refractivity contribution in [1.82, 2.24) is 24.5 Å². The normalized spacial score (nSPS) is 15.9. The Morgan fingerprint density at radius 1 is 1.03 bits per heavy atom. The van der Waals surface area contributed by atoms with Gasteiger partial charge in [-0.05, 0) is 34.9 Å². The first kappa shape index (κ1) is 17.4. The Hall–Kier alpha value is -3.67. The smallest absolute Gasteiger partial charge is 0.274 e. The quantitative estimate of drug-likeness (QED) is 0.545. The average molecular weight is 383 g/mol. The molecule has 0 spiro atoms. The van der Waals surface area contributed by atoms with Crippen molar-refractivity contribution in [3.05, 3.63) is 102 Å². The number of amides is 1. The van der Waals surface area contributed by atoms with Gasteiger partial charge < -0.3 is 4.90 Å². The number of nitrogens with zero attached hydrogens (tertiary/aromatic N) is 5. The highest BCUT2D eigenvalue weighted by atomic mass is 16.2. The van der Waals surface area contributed by atoms with E-state index in [4.69, 9.17) is 0 Å². The molecule has 6 nitrogen and oxygen atoms in total. The molecule has 144 valence electrons. The van der Waals surface area contributed by atoms with Crippen molar-refractivity contribution in [2.24, 2.45) is 7.05 Å². The lowest BCUT2D eigenvalue weighted by atomic mass is 9.86. The number of hydrogen-bond acceptors (Lipinski definition) is 3. The number of para-hydroxylation sites is 1. The van der Waals surface area contributed by atoms with Gasteiger partial charge in [-0.15, -0.1) is 0 Å². The topological polar surface area (TPSA) is 56.0 Å². The second-order valence-electron chi connectivity index (χ2n) is 7.37. The molecule has 4 aromatic rings. The molecule has 0 fully saturated rings. The van der Waals surface area contributed by atoms with E-state index in [0.29, 0.717) is 18.8 Å². The molecular weight excluding hydrogens is 362 g/mol. The molecule has 1 aliphatic rings. The first-order chi connectivity index (χ1) is 14.2. The highest BCUT2D eigenvalue weighted by Crippen LogP contribution is 2.33. The van der Waals surface area contributed by atoms with Crippen LogP contribution >= 0.6 is 0 Å². The van der Waals surface area contributed by atoms with Crippen LogP contribution in [0.15, 0.2) is 79.3 Å². The fraction of sp³-hybridized carbons (Fsp3) is 0.174. The molecular formula is C23H21N5O. The van der Waals surface area contributed by atoms with Crippen LogP contribution in [0.3, 0.4) is 0 Å². The van der Waals surface area contributed by atoms with Crippen LogP contribution in [-0.4, -0.2) is 36.9 Å². The molecule has 0 aliphatic carbocycles. The van der Waals surface area contributed by atoms with Crippen LogP contribution in [0.25, 0.3) is 5.69 Å². The molecule has 0 bridgehead atoms. The molecule has 0 radical (unpaired) electrons. The van der Waals surface area contributed by atoms with E-state index >= 15 is 0 Å². The van der Waals surface area contributed by atoms with Crippen LogP contribution in [-0.2, 0) is 13.6 Å². The molecule has 0 N–H and O–H groups in total. The fourth-order valence-electron chi connectivity index (χ4n) is 3.99. The maximum absolute atomic E-state index is 13.3. The highest BCUT2D eigenvalue weighted by Gasteiger charge is 2.31. The first-order valence-electron chi connectivity index (χ1n) is 9.66. The van der Waals surface area contributed by atoms with Crippen molar-refractivity contribution < 1.29 is 4.79 Å². The van der Waals surface area contributed by atoms with Crippen LogP contribution in [0.1, 0.15) is 33.1 Å². The van der Waals surface area contributed by atoms with Crippen LogP contribution < -0.4 is 0 Å². The third kappa shape index (κ3) is 3.23. The number of carbonyl (C=O) groups is 1. The van der Waals surface area contributed by atoms with Crippen LogP contribution in [0.2, 0.25) is 0 Å². The van der Waals surface area contributed by atoms with Crippen molar-refractivity contribution in [3.63, 3.8) is 0 Å². The molecule has 0 saturated heterocycles. The summed E-state index contributed by atoms with van der Waals surface area (Å²) in [6, 6.07) is 19.9. The van der Waals surface area contributed by atoms with Gasteiger partial charge in [0.15, 0.2) is 5.69 Å². The van der Waals surface area contributed by atoms with E-state index in [1.54, 1.807) is 15.4 Å². The monoisotopic (exact) mass is 383 g/mol. The Balaban J connectivity index is 1.46. The third-order valence-corrected chi connectivity index (χ3v) is 5.44. The lowest BCUT2D eigenvalue weighted by molar-refractivity contribution is 0.0718. The van der Waals surface area contributed by atoms with Crippen LogP contribution in [0.5, 0.6) is 0 Å². The second kappa shape index (κ2) is 7.05. The van der Waals surface area contributed by atoms with Crippen molar-refractivity contribution in [2.75, 3.05) is 6.54 Å². The second-order valence-corrected chi connectivity index (χ2v) is 7.37. The Kier molecular flexibility index (Phi) is 4.24. The van der Waals surface area contributed by atoms with Crippen molar-refractivity contribution in [2.45, 2.75) is 12.5 Å². The van der Waals surface area contributed by atoms with E-state index in [1.807, 2.05) is 66.9 Å². The summed E-state index contributed by atoms with van der Waals surface area (Å²) in [5.74, 6) is 0.0527. The summed E-state index contributed by atoms with van der Waals surface area (Å²) in [6.45, 7) is 1.20. The van der Waals surface area contributed by atoms with Gasteiger partial charge in [0.25, 0.3) is 5.91 Å².